The predicted molar refractivity (Wildman–Crippen MR) is 105 cm³/mol. The Morgan fingerprint density at radius 2 is 2.10 bits per heavy atom. The standard InChI is InChI=1S/C19H20F2N6O3/c20-19(21,11-28)10-23-17(29)13-4-5-14-16(24-13)27(12-6-8-26(14)9-12)18(30)25-15-3-1-2-7-22-15/h1-5,7,12,28H,6,8-11H2,(H,23,29)(H,22,25,30). The van der Waals surface area contributed by atoms with Gasteiger partial charge >= 0.3 is 6.03 Å². The molecule has 1 saturated heterocycles. The SMILES string of the molecule is O=C(NCC(F)(F)CO)c1ccc2c(n1)N(C(=O)Nc1ccccn1)C1CCN2C1. The third kappa shape index (κ3) is 3.88. The van der Waals surface area contributed by atoms with Crippen molar-refractivity contribution >= 4 is 29.3 Å². The topological polar surface area (TPSA) is 111 Å². The Morgan fingerprint density at radius 1 is 1.27 bits per heavy atom. The van der Waals surface area contributed by atoms with Crippen molar-refractivity contribution in [3.63, 3.8) is 0 Å². The molecule has 0 aliphatic carbocycles. The van der Waals surface area contributed by atoms with Crippen molar-refractivity contribution < 1.29 is 23.5 Å². The molecule has 3 N–H and O–H groups in total. The van der Waals surface area contributed by atoms with Crippen molar-refractivity contribution in [1.29, 1.82) is 0 Å². The largest absolute Gasteiger partial charge is 0.390 e. The summed E-state index contributed by atoms with van der Waals surface area (Å²) in [5.41, 5.74) is 0.595. The summed E-state index contributed by atoms with van der Waals surface area (Å²) in [5, 5.41) is 13.4. The van der Waals surface area contributed by atoms with Gasteiger partial charge < -0.3 is 15.3 Å². The fourth-order valence-electron chi connectivity index (χ4n) is 3.56. The first-order valence-corrected chi connectivity index (χ1v) is 9.42. The van der Waals surface area contributed by atoms with Gasteiger partial charge in [-0.1, -0.05) is 6.07 Å². The van der Waals surface area contributed by atoms with E-state index in [2.05, 4.69) is 25.5 Å². The summed E-state index contributed by atoms with van der Waals surface area (Å²) in [6.07, 6.45) is 2.29. The van der Waals surface area contributed by atoms with Crippen LogP contribution < -0.4 is 20.4 Å². The molecule has 1 fully saturated rings. The fourth-order valence-corrected chi connectivity index (χ4v) is 3.56. The van der Waals surface area contributed by atoms with E-state index >= 15 is 0 Å². The van der Waals surface area contributed by atoms with Gasteiger partial charge in [0.1, 0.15) is 18.1 Å². The highest BCUT2D eigenvalue weighted by Gasteiger charge is 2.40. The zero-order valence-electron chi connectivity index (χ0n) is 15.9. The first-order valence-electron chi connectivity index (χ1n) is 9.42. The lowest BCUT2D eigenvalue weighted by Crippen LogP contribution is -2.48. The molecule has 0 radical (unpaired) electrons. The molecule has 2 aliphatic rings. The third-order valence-electron chi connectivity index (χ3n) is 5.04. The average Bonchev–Trinajstić information content (AvgIpc) is 3.16. The zero-order valence-corrected chi connectivity index (χ0v) is 15.9. The number of nitrogens with one attached hydrogen (secondary N) is 2. The number of aromatic nitrogens is 2. The molecule has 9 nitrogen and oxygen atoms in total. The van der Waals surface area contributed by atoms with Gasteiger partial charge in [0.2, 0.25) is 0 Å². The van der Waals surface area contributed by atoms with Gasteiger partial charge in [0.05, 0.1) is 18.3 Å². The Bertz CT molecular complexity index is 959. The Hall–Kier alpha value is -3.34. The second-order valence-corrected chi connectivity index (χ2v) is 7.14. The zero-order chi connectivity index (χ0) is 21.3. The number of fused-ring (bicyclic) bond motifs is 4. The quantitative estimate of drug-likeness (QED) is 0.678. The maximum atomic E-state index is 13.2. The van der Waals surface area contributed by atoms with Crippen LogP contribution >= 0.6 is 0 Å². The summed E-state index contributed by atoms with van der Waals surface area (Å²) in [5.74, 6) is -3.57. The number of aliphatic hydroxyl groups excluding tert-OH is 1. The van der Waals surface area contributed by atoms with Crippen LogP contribution in [0.1, 0.15) is 16.9 Å². The van der Waals surface area contributed by atoms with Crippen LogP contribution in [0.15, 0.2) is 36.5 Å². The third-order valence-corrected chi connectivity index (χ3v) is 5.04. The van der Waals surface area contributed by atoms with Gasteiger partial charge in [-0.15, -0.1) is 0 Å². The summed E-state index contributed by atoms with van der Waals surface area (Å²) >= 11 is 0. The molecule has 158 valence electrons. The second-order valence-electron chi connectivity index (χ2n) is 7.14. The number of hydrogen-bond acceptors (Lipinski definition) is 6. The minimum atomic E-state index is -3.43. The van der Waals surface area contributed by atoms with Crippen molar-refractivity contribution in [2.75, 3.05) is 41.4 Å². The maximum absolute atomic E-state index is 13.2. The van der Waals surface area contributed by atoms with E-state index in [1.165, 1.54) is 11.0 Å². The van der Waals surface area contributed by atoms with Crippen LogP contribution in [-0.2, 0) is 0 Å². The lowest BCUT2D eigenvalue weighted by atomic mass is 10.1. The summed E-state index contributed by atoms with van der Waals surface area (Å²) in [6, 6.07) is 7.65. The molecule has 2 aromatic rings. The molecule has 2 aromatic heterocycles. The van der Waals surface area contributed by atoms with Gasteiger partial charge in [-0.25, -0.2) is 23.5 Å². The number of aliphatic hydroxyl groups is 1. The molecule has 11 heteroatoms. The first kappa shape index (κ1) is 20.0. The summed E-state index contributed by atoms with van der Waals surface area (Å²) < 4.78 is 26.5. The number of alkyl halides is 2. The van der Waals surface area contributed by atoms with E-state index in [0.717, 1.165) is 13.0 Å². The van der Waals surface area contributed by atoms with E-state index in [0.29, 0.717) is 23.9 Å². The van der Waals surface area contributed by atoms with E-state index in [-0.39, 0.29) is 11.7 Å². The van der Waals surface area contributed by atoms with E-state index in [1.807, 2.05) is 0 Å². The van der Waals surface area contributed by atoms with E-state index in [9.17, 15) is 18.4 Å². The van der Waals surface area contributed by atoms with E-state index in [1.54, 1.807) is 30.5 Å². The molecule has 2 bridgehead atoms. The first-order chi connectivity index (χ1) is 14.4. The van der Waals surface area contributed by atoms with Gasteiger partial charge in [-0.2, -0.15) is 0 Å². The number of pyridine rings is 2. The molecule has 0 spiro atoms. The van der Waals surface area contributed by atoms with Crippen molar-refractivity contribution in [3.05, 3.63) is 42.2 Å². The van der Waals surface area contributed by atoms with Crippen LogP contribution in [-0.4, -0.2) is 65.2 Å². The number of urea groups is 1. The van der Waals surface area contributed by atoms with Crippen LogP contribution in [0, 0.1) is 0 Å². The lowest BCUT2D eigenvalue weighted by Gasteiger charge is -2.35. The van der Waals surface area contributed by atoms with Crippen molar-refractivity contribution in [2.45, 2.75) is 18.4 Å². The van der Waals surface area contributed by atoms with Crippen LogP contribution in [0.2, 0.25) is 0 Å². The number of hydrogen-bond donors (Lipinski definition) is 3. The summed E-state index contributed by atoms with van der Waals surface area (Å²) in [6.45, 7) is -1.01. The van der Waals surface area contributed by atoms with Gasteiger partial charge in [0.15, 0.2) is 5.82 Å². The molecular weight excluding hydrogens is 398 g/mol. The molecule has 4 heterocycles. The minimum absolute atomic E-state index is 0.0966. The minimum Gasteiger partial charge on any atom is -0.390 e. The molecule has 0 saturated carbocycles. The van der Waals surface area contributed by atoms with Crippen LogP contribution in [0.25, 0.3) is 0 Å². The van der Waals surface area contributed by atoms with Crippen molar-refractivity contribution in [3.8, 4) is 0 Å². The predicted octanol–water partition coefficient (Wildman–Crippen LogP) is 1.46. The maximum Gasteiger partial charge on any atom is 0.329 e. The molecule has 2 aliphatic heterocycles. The highest BCUT2D eigenvalue weighted by Crippen LogP contribution is 2.39. The molecule has 3 amide bonds. The monoisotopic (exact) mass is 418 g/mol. The summed E-state index contributed by atoms with van der Waals surface area (Å²) in [4.78, 5) is 37.2. The molecular formula is C19H20F2N6O3. The number of anilines is 3. The molecule has 0 aromatic carbocycles. The Morgan fingerprint density at radius 3 is 2.83 bits per heavy atom. The van der Waals surface area contributed by atoms with Crippen LogP contribution in [0.5, 0.6) is 0 Å². The molecule has 1 atom stereocenters. The average molecular weight is 418 g/mol. The number of nitrogens with zero attached hydrogens (tertiary/aromatic N) is 4. The van der Waals surface area contributed by atoms with Gasteiger partial charge in [-0.3, -0.25) is 15.0 Å². The number of amides is 3. The molecule has 4 rings (SSSR count). The second kappa shape index (κ2) is 7.82. The number of halogens is 2. The molecule has 30 heavy (non-hydrogen) atoms. The Labute approximate surface area is 170 Å². The number of carbonyl (C=O) groups excluding carboxylic acids is 2. The number of carbonyl (C=O) groups is 2. The van der Waals surface area contributed by atoms with Crippen LogP contribution in [0.3, 0.4) is 0 Å². The van der Waals surface area contributed by atoms with E-state index in [4.69, 9.17) is 5.11 Å². The highest BCUT2D eigenvalue weighted by atomic mass is 19.3. The van der Waals surface area contributed by atoms with Crippen molar-refractivity contribution in [1.82, 2.24) is 15.3 Å². The van der Waals surface area contributed by atoms with Crippen molar-refractivity contribution in [2.24, 2.45) is 0 Å². The van der Waals surface area contributed by atoms with Gasteiger partial charge in [0, 0.05) is 19.3 Å². The van der Waals surface area contributed by atoms with Crippen LogP contribution in [0.4, 0.5) is 30.9 Å². The van der Waals surface area contributed by atoms with Gasteiger partial charge in [0.25, 0.3) is 11.8 Å². The lowest BCUT2D eigenvalue weighted by molar-refractivity contribution is -0.0462. The Balaban J connectivity index is 1.60. The molecule has 1 unspecified atom stereocenters. The summed E-state index contributed by atoms with van der Waals surface area (Å²) in [7, 11) is 0. The smallest absolute Gasteiger partial charge is 0.329 e. The van der Waals surface area contributed by atoms with Gasteiger partial charge in [-0.05, 0) is 30.7 Å². The number of rotatable bonds is 5. The van der Waals surface area contributed by atoms with E-state index < -0.39 is 31.0 Å². The fraction of sp³-hybridized carbons (Fsp3) is 0.368. The Kier molecular flexibility index (Phi) is 5.20. The highest BCUT2D eigenvalue weighted by molar-refractivity contribution is 6.05. The normalized spacial score (nSPS) is 17.5.